The maximum absolute atomic E-state index is 10.3. The number of ketones is 2. The van der Waals surface area contributed by atoms with Crippen LogP contribution in [0, 0.1) is 6.92 Å². The molecular formula is C6H9O2. The average Bonchev–Trinajstić information content (AvgIpc) is 1.67. The minimum Gasteiger partial charge on any atom is -0.291 e. The number of hydrogen-bond acceptors (Lipinski definition) is 2. The summed E-state index contributed by atoms with van der Waals surface area (Å²) in [5.74, 6) is -0.945. The Morgan fingerprint density at radius 3 is 2.12 bits per heavy atom. The smallest absolute Gasteiger partial charge is 0.198 e. The quantitative estimate of drug-likeness (QED) is 0.506. The first kappa shape index (κ1) is 7.34. The molecule has 0 amide bonds. The molecule has 0 fully saturated rings. The molecule has 0 unspecified atom stereocenters. The Kier molecular flexibility index (Phi) is 3.08. The minimum absolute atomic E-state index is 0.336. The highest BCUT2D eigenvalue weighted by atomic mass is 16.2. The number of Topliss-reactive ketones (excluding diaryl/α,β-unsaturated/α-hetero) is 2. The van der Waals surface area contributed by atoms with E-state index in [1.165, 1.54) is 0 Å². The Balaban J connectivity index is 3.49. The number of rotatable bonds is 3. The van der Waals surface area contributed by atoms with E-state index in [9.17, 15) is 9.59 Å². The molecule has 0 N–H and O–H groups in total. The van der Waals surface area contributed by atoms with Gasteiger partial charge in [-0.25, -0.2) is 0 Å². The van der Waals surface area contributed by atoms with Gasteiger partial charge in [0.15, 0.2) is 11.6 Å². The van der Waals surface area contributed by atoms with E-state index >= 15 is 0 Å². The van der Waals surface area contributed by atoms with Crippen LogP contribution in [0.2, 0.25) is 0 Å². The standard InChI is InChI=1S/C6H9O2/c1-3-4-6(8)5(2)7/h2-4H2,1H3. The SMILES string of the molecule is [CH2]C(=O)C(=O)CCC. The van der Waals surface area contributed by atoms with Gasteiger partial charge in [0, 0.05) is 13.3 Å². The molecule has 0 aromatic carbocycles. The first-order chi connectivity index (χ1) is 3.68. The molecule has 2 heteroatoms. The highest BCUT2D eigenvalue weighted by Gasteiger charge is 2.03. The molecule has 0 aromatic rings. The molecule has 0 aliphatic rings. The van der Waals surface area contributed by atoms with Crippen LogP contribution in [-0.4, -0.2) is 11.6 Å². The Morgan fingerprint density at radius 1 is 1.50 bits per heavy atom. The van der Waals surface area contributed by atoms with Crippen molar-refractivity contribution in [3.63, 3.8) is 0 Å². The van der Waals surface area contributed by atoms with Gasteiger partial charge in [0.05, 0.1) is 0 Å². The van der Waals surface area contributed by atoms with Gasteiger partial charge in [-0.3, -0.25) is 9.59 Å². The maximum Gasteiger partial charge on any atom is 0.198 e. The summed E-state index contributed by atoms with van der Waals surface area (Å²) in [4.78, 5) is 20.4. The van der Waals surface area contributed by atoms with E-state index in [2.05, 4.69) is 6.92 Å². The van der Waals surface area contributed by atoms with Gasteiger partial charge in [-0.2, -0.15) is 0 Å². The summed E-state index contributed by atoms with van der Waals surface area (Å²) in [5.41, 5.74) is 0. The van der Waals surface area contributed by atoms with E-state index in [0.717, 1.165) is 6.42 Å². The second-order valence-corrected chi connectivity index (χ2v) is 1.60. The fraction of sp³-hybridized carbons (Fsp3) is 0.500. The zero-order valence-corrected chi connectivity index (χ0v) is 4.94. The molecule has 0 saturated carbocycles. The summed E-state index contributed by atoms with van der Waals surface area (Å²) >= 11 is 0. The highest BCUT2D eigenvalue weighted by molar-refractivity contribution is 6.38. The first-order valence-corrected chi connectivity index (χ1v) is 2.57. The van der Waals surface area contributed by atoms with E-state index in [1.54, 1.807) is 0 Å². The van der Waals surface area contributed by atoms with Crippen LogP contribution < -0.4 is 0 Å². The molecule has 0 heterocycles. The van der Waals surface area contributed by atoms with Crippen LogP contribution in [0.5, 0.6) is 0 Å². The molecule has 0 rings (SSSR count). The van der Waals surface area contributed by atoms with E-state index in [-0.39, 0.29) is 5.78 Å². The Morgan fingerprint density at radius 2 is 2.00 bits per heavy atom. The Hall–Kier alpha value is -0.660. The largest absolute Gasteiger partial charge is 0.291 e. The van der Waals surface area contributed by atoms with E-state index in [4.69, 9.17) is 0 Å². The number of carbonyl (C=O) groups excluding carboxylic acids is 2. The zero-order chi connectivity index (χ0) is 6.57. The lowest BCUT2D eigenvalue weighted by molar-refractivity contribution is -0.134. The van der Waals surface area contributed by atoms with Gasteiger partial charge in [0.2, 0.25) is 0 Å². The van der Waals surface area contributed by atoms with Crippen molar-refractivity contribution in [2.75, 3.05) is 0 Å². The molecule has 2 nitrogen and oxygen atoms in total. The van der Waals surface area contributed by atoms with Crippen LogP contribution >= 0.6 is 0 Å². The molecule has 0 saturated heterocycles. The molecule has 45 valence electrons. The van der Waals surface area contributed by atoms with Crippen molar-refractivity contribution >= 4 is 11.6 Å². The van der Waals surface area contributed by atoms with Crippen LogP contribution in [-0.2, 0) is 9.59 Å². The maximum atomic E-state index is 10.3. The third-order valence-corrected chi connectivity index (χ3v) is 0.788. The first-order valence-electron chi connectivity index (χ1n) is 2.57. The van der Waals surface area contributed by atoms with Crippen molar-refractivity contribution in [2.24, 2.45) is 0 Å². The van der Waals surface area contributed by atoms with Crippen molar-refractivity contribution in [1.29, 1.82) is 0 Å². The van der Waals surface area contributed by atoms with E-state index in [1.807, 2.05) is 6.92 Å². The molecule has 0 aromatic heterocycles. The van der Waals surface area contributed by atoms with Crippen molar-refractivity contribution in [2.45, 2.75) is 19.8 Å². The Bertz CT molecular complexity index is 105. The molecule has 0 bridgehead atoms. The average molecular weight is 113 g/mol. The van der Waals surface area contributed by atoms with Crippen LogP contribution in [0.3, 0.4) is 0 Å². The number of hydrogen-bond donors (Lipinski definition) is 0. The van der Waals surface area contributed by atoms with Crippen molar-refractivity contribution < 1.29 is 9.59 Å². The summed E-state index contributed by atoms with van der Waals surface area (Å²) in [7, 11) is 0. The van der Waals surface area contributed by atoms with E-state index < -0.39 is 5.78 Å². The lowest BCUT2D eigenvalue weighted by Crippen LogP contribution is -2.07. The third-order valence-electron chi connectivity index (χ3n) is 0.788. The topological polar surface area (TPSA) is 34.1 Å². The van der Waals surface area contributed by atoms with Crippen LogP contribution in [0.25, 0.3) is 0 Å². The third kappa shape index (κ3) is 2.50. The fourth-order valence-electron chi connectivity index (χ4n) is 0.366. The minimum atomic E-state index is -0.577. The van der Waals surface area contributed by atoms with Gasteiger partial charge in [-0.15, -0.1) is 0 Å². The predicted octanol–water partition coefficient (Wildman–Crippen LogP) is 0.759. The normalized spacial score (nSPS) is 8.75. The monoisotopic (exact) mass is 113 g/mol. The van der Waals surface area contributed by atoms with Gasteiger partial charge in [-0.1, -0.05) is 6.92 Å². The Labute approximate surface area is 48.9 Å². The second-order valence-electron chi connectivity index (χ2n) is 1.60. The summed E-state index contributed by atoms with van der Waals surface area (Å²) < 4.78 is 0. The zero-order valence-electron chi connectivity index (χ0n) is 4.94. The molecule has 0 aliphatic carbocycles. The number of carbonyl (C=O) groups is 2. The molecule has 8 heavy (non-hydrogen) atoms. The van der Waals surface area contributed by atoms with Crippen LogP contribution in [0.4, 0.5) is 0 Å². The molecule has 0 atom stereocenters. The summed E-state index contributed by atoms with van der Waals surface area (Å²) in [5, 5.41) is 0. The molecule has 0 aliphatic heterocycles. The summed E-state index contributed by atoms with van der Waals surface area (Å²) in [6, 6.07) is 0. The van der Waals surface area contributed by atoms with Gasteiger partial charge in [0.25, 0.3) is 0 Å². The lowest BCUT2D eigenvalue weighted by atomic mass is 10.2. The van der Waals surface area contributed by atoms with Gasteiger partial charge in [0.1, 0.15) is 0 Å². The van der Waals surface area contributed by atoms with Crippen molar-refractivity contribution in [1.82, 2.24) is 0 Å². The van der Waals surface area contributed by atoms with E-state index in [0.29, 0.717) is 6.42 Å². The van der Waals surface area contributed by atoms with Crippen LogP contribution in [0.15, 0.2) is 0 Å². The van der Waals surface area contributed by atoms with Gasteiger partial charge >= 0.3 is 0 Å². The molecule has 0 spiro atoms. The predicted molar refractivity (Wildman–Crippen MR) is 30.3 cm³/mol. The van der Waals surface area contributed by atoms with Gasteiger partial charge in [-0.05, 0) is 6.42 Å². The molecular weight excluding hydrogens is 104 g/mol. The van der Waals surface area contributed by atoms with Gasteiger partial charge < -0.3 is 0 Å². The van der Waals surface area contributed by atoms with Crippen LogP contribution in [0.1, 0.15) is 19.8 Å². The van der Waals surface area contributed by atoms with Crippen molar-refractivity contribution in [3.05, 3.63) is 6.92 Å². The van der Waals surface area contributed by atoms with Crippen molar-refractivity contribution in [3.8, 4) is 0 Å². The summed E-state index contributed by atoms with van der Waals surface area (Å²) in [6.45, 7) is 4.82. The lowest BCUT2D eigenvalue weighted by Gasteiger charge is -1.86. The summed E-state index contributed by atoms with van der Waals surface area (Å²) in [6.07, 6.45) is 1.06. The highest BCUT2D eigenvalue weighted by Crippen LogP contribution is 1.88. The molecule has 1 radical (unpaired) electrons. The fourth-order valence-corrected chi connectivity index (χ4v) is 0.366. The second kappa shape index (κ2) is 3.36.